The average Bonchev–Trinajstić information content (AvgIpc) is 2.86. The molecule has 0 fully saturated rings. The van der Waals surface area contributed by atoms with Gasteiger partial charge in [0.1, 0.15) is 5.02 Å². The van der Waals surface area contributed by atoms with Crippen LogP contribution in [0.5, 0.6) is 0 Å². The van der Waals surface area contributed by atoms with Gasteiger partial charge in [0.2, 0.25) is 0 Å². The van der Waals surface area contributed by atoms with Crippen LogP contribution in [0, 0.1) is 0 Å². The molecule has 0 bridgehead atoms. The molecule has 1 aromatic heterocycles. The summed E-state index contributed by atoms with van der Waals surface area (Å²) in [7, 11) is 0. The second-order valence-corrected chi connectivity index (χ2v) is 5.52. The molecule has 0 radical (unpaired) electrons. The Kier molecular flexibility index (Phi) is 5.22. The molecule has 1 N–H and O–H groups in total. The molecular formula is C14H9ClF7N3O. The summed E-state index contributed by atoms with van der Waals surface area (Å²) in [5.41, 5.74) is 0.707. The van der Waals surface area contributed by atoms with E-state index in [1.807, 2.05) is 0 Å². The van der Waals surface area contributed by atoms with Crippen molar-refractivity contribution < 1.29 is 35.5 Å². The van der Waals surface area contributed by atoms with Gasteiger partial charge >= 0.3 is 23.9 Å². The zero-order chi connectivity index (χ0) is 19.8. The predicted molar refractivity (Wildman–Crippen MR) is 77.4 cm³/mol. The lowest BCUT2D eigenvalue weighted by molar-refractivity contribution is -0.343. The molecular weight excluding hydrogens is 395 g/mol. The first-order valence-corrected chi connectivity index (χ1v) is 7.14. The van der Waals surface area contributed by atoms with Gasteiger partial charge in [-0.25, -0.2) is 0 Å². The van der Waals surface area contributed by atoms with Gasteiger partial charge in [0.15, 0.2) is 5.82 Å². The van der Waals surface area contributed by atoms with Crippen LogP contribution in [0.3, 0.4) is 0 Å². The third kappa shape index (κ3) is 3.76. The number of amides is 1. The Morgan fingerprint density at radius 2 is 1.65 bits per heavy atom. The lowest BCUT2D eigenvalue weighted by atomic mass is 10.1. The smallest absolute Gasteiger partial charge is 0.302 e. The number of halogens is 8. The number of alkyl halides is 7. The quantitative estimate of drug-likeness (QED) is 0.754. The minimum absolute atomic E-state index is 0.0888. The highest BCUT2D eigenvalue weighted by atomic mass is 35.5. The summed E-state index contributed by atoms with van der Waals surface area (Å²) in [6.45, 7) is 0.0888. The molecule has 4 nitrogen and oxygen atoms in total. The number of rotatable bonds is 5. The maximum absolute atomic E-state index is 13.3. The monoisotopic (exact) mass is 403 g/mol. The van der Waals surface area contributed by atoms with Gasteiger partial charge in [-0.2, -0.15) is 35.8 Å². The Morgan fingerprint density at radius 1 is 1.08 bits per heavy atom. The first-order chi connectivity index (χ1) is 11.9. The molecule has 2 rings (SSSR count). The minimum atomic E-state index is -6.62. The molecule has 0 saturated carbocycles. The summed E-state index contributed by atoms with van der Waals surface area (Å²) in [5.74, 6) is -16.3. The number of carbonyl (C=O) groups excluding carboxylic acids is 1. The van der Waals surface area contributed by atoms with Crippen molar-refractivity contribution in [3.05, 3.63) is 47.1 Å². The maximum Gasteiger partial charge on any atom is 0.460 e. The fourth-order valence-corrected chi connectivity index (χ4v) is 2.04. The van der Waals surface area contributed by atoms with Crippen molar-refractivity contribution >= 4 is 23.3 Å². The van der Waals surface area contributed by atoms with Gasteiger partial charge in [-0.3, -0.25) is 9.48 Å². The van der Waals surface area contributed by atoms with E-state index in [2.05, 4.69) is 5.10 Å². The van der Waals surface area contributed by atoms with E-state index in [1.165, 1.54) is 5.32 Å². The van der Waals surface area contributed by atoms with Crippen molar-refractivity contribution in [2.75, 3.05) is 5.32 Å². The van der Waals surface area contributed by atoms with Gasteiger partial charge in [-0.15, -0.1) is 0 Å². The SMILES string of the molecule is O=C(Nc1nn(Cc2ccccc2)cc1Cl)C(F)(F)C(F)(F)C(F)(F)F. The highest BCUT2D eigenvalue weighted by Crippen LogP contribution is 2.47. The van der Waals surface area contributed by atoms with E-state index in [0.717, 1.165) is 10.9 Å². The van der Waals surface area contributed by atoms with Crippen molar-refractivity contribution in [2.45, 2.75) is 24.6 Å². The number of hydrogen-bond donors (Lipinski definition) is 1. The van der Waals surface area contributed by atoms with Crippen molar-refractivity contribution in [3.63, 3.8) is 0 Å². The van der Waals surface area contributed by atoms with Gasteiger partial charge in [0.05, 0.1) is 6.54 Å². The molecule has 0 aliphatic heterocycles. The molecule has 2 aromatic rings. The topological polar surface area (TPSA) is 46.9 Å². The fraction of sp³-hybridized carbons (Fsp3) is 0.286. The number of nitrogens with one attached hydrogen (secondary N) is 1. The first-order valence-electron chi connectivity index (χ1n) is 6.77. The molecule has 0 atom stereocenters. The predicted octanol–water partition coefficient (Wildman–Crippen LogP) is 4.36. The summed E-state index contributed by atoms with van der Waals surface area (Å²) >= 11 is 5.66. The Bertz CT molecular complexity index is 790. The third-order valence-corrected chi connectivity index (χ3v) is 3.45. The van der Waals surface area contributed by atoms with Gasteiger partial charge in [-0.1, -0.05) is 41.9 Å². The molecule has 0 aliphatic rings. The average molecular weight is 404 g/mol. The summed E-state index contributed by atoms with van der Waals surface area (Å²) in [6.07, 6.45) is -5.53. The lowest BCUT2D eigenvalue weighted by Crippen LogP contribution is -2.57. The third-order valence-electron chi connectivity index (χ3n) is 3.17. The van der Waals surface area contributed by atoms with E-state index in [9.17, 15) is 35.5 Å². The molecule has 1 amide bonds. The molecule has 0 aliphatic carbocycles. The van der Waals surface area contributed by atoms with Crippen LogP contribution in [0.25, 0.3) is 0 Å². The summed E-state index contributed by atoms with van der Waals surface area (Å²) in [5, 5.41) is 4.38. The summed E-state index contributed by atoms with van der Waals surface area (Å²) in [6, 6.07) is 8.50. The molecule has 0 spiro atoms. The summed E-state index contributed by atoms with van der Waals surface area (Å²) < 4.78 is 89.7. The van der Waals surface area contributed by atoms with E-state index in [4.69, 9.17) is 11.6 Å². The number of benzene rings is 1. The van der Waals surface area contributed by atoms with E-state index < -0.39 is 34.8 Å². The van der Waals surface area contributed by atoms with E-state index in [1.54, 1.807) is 30.3 Å². The van der Waals surface area contributed by atoms with Crippen LogP contribution in [0.2, 0.25) is 5.02 Å². The van der Waals surface area contributed by atoms with Crippen LogP contribution in [0.1, 0.15) is 5.56 Å². The standard InChI is InChI=1S/C14H9ClF7N3O/c15-9-7-25(6-8-4-2-1-3-5-8)24-10(9)23-11(26)12(16,17)13(18,19)14(20,21)22/h1-5,7H,6H2,(H,23,24,26). The van der Waals surface area contributed by atoms with Gasteiger partial charge < -0.3 is 5.32 Å². The number of carbonyl (C=O) groups is 1. The second kappa shape index (κ2) is 6.78. The molecule has 1 heterocycles. The Balaban J connectivity index is 2.19. The van der Waals surface area contributed by atoms with Crippen molar-refractivity contribution in [1.82, 2.24) is 9.78 Å². The number of anilines is 1. The Hall–Kier alpha value is -2.30. The number of hydrogen-bond acceptors (Lipinski definition) is 2. The maximum atomic E-state index is 13.3. The number of nitrogens with zero attached hydrogens (tertiary/aromatic N) is 2. The van der Waals surface area contributed by atoms with Gasteiger partial charge in [0, 0.05) is 6.20 Å². The van der Waals surface area contributed by atoms with Crippen molar-refractivity contribution in [1.29, 1.82) is 0 Å². The zero-order valence-corrected chi connectivity index (χ0v) is 13.3. The lowest BCUT2D eigenvalue weighted by Gasteiger charge is -2.26. The van der Waals surface area contributed by atoms with Crippen LogP contribution in [-0.4, -0.2) is 33.7 Å². The highest BCUT2D eigenvalue weighted by molar-refractivity contribution is 6.33. The van der Waals surface area contributed by atoms with Crippen LogP contribution in [0.15, 0.2) is 36.5 Å². The first kappa shape index (κ1) is 20.0. The minimum Gasteiger partial charge on any atom is -0.302 e. The molecule has 26 heavy (non-hydrogen) atoms. The highest BCUT2D eigenvalue weighted by Gasteiger charge is 2.76. The molecule has 142 valence electrons. The Morgan fingerprint density at radius 3 is 2.19 bits per heavy atom. The normalized spacial score (nSPS) is 12.9. The molecule has 12 heteroatoms. The molecule has 1 aromatic carbocycles. The zero-order valence-electron chi connectivity index (χ0n) is 12.5. The molecule has 0 unspecified atom stereocenters. The van der Waals surface area contributed by atoms with Gasteiger partial charge in [0.25, 0.3) is 0 Å². The number of aromatic nitrogens is 2. The Labute approximate surface area is 146 Å². The van der Waals surface area contributed by atoms with Crippen molar-refractivity contribution in [2.24, 2.45) is 0 Å². The van der Waals surface area contributed by atoms with Crippen LogP contribution >= 0.6 is 11.6 Å². The molecule has 0 saturated heterocycles. The van der Waals surface area contributed by atoms with Crippen LogP contribution in [-0.2, 0) is 11.3 Å². The second-order valence-electron chi connectivity index (χ2n) is 5.11. The largest absolute Gasteiger partial charge is 0.460 e. The van der Waals surface area contributed by atoms with Crippen LogP contribution in [0.4, 0.5) is 36.6 Å². The fourth-order valence-electron chi connectivity index (χ4n) is 1.84. The van der Waals surface area contributed by atoms with E-state index in [-0.39, 0.29) is 6.54 Å². The van der Waals surface area contributed by atoms with E-state index in [0.29, 0.717) is 5.56 Å². The van der Waals surface area contributed by atoms with E-state index >= 15 is 0 Å². The van der Waals surface area contributed by atoms with Crippen molar-refractivity contribution in [3.8, 4) is 0 Å². The van der Waals surface area contributed by atoms with Gasteiger partial charge in [-0.05, 0) is 5.56 Å². The summed E-state index contributed by atoms with van der Waals surface area (Å²) in [4.78, 5) is 11.3. The van der Waals surface area contributed by atoms with Crippen LogP contribution < -0.4 is 5.32 Å².